The molecule has 0 saturated heterocycles. The van der Waals surface area contributed by atoms with Crippen LogP contribution in [-0.2, 0) is 24.1 Å². The molecule has 0 radical (unpaired) electrons. The van der Waals surface area contributed by atoms with E-state index in [-0.39, 0.29) is 34.0 Å². The first kappa shape index (κ1) is 22.4. The Morgan fingerprint density at radius 3 is 2.67 bits per heavy atom. The third-order valence-electron chi connectivity index (χ3n) is 4.60. The van der Waals surface area contributed by atoms with Gasteiger partial charge in [0, 0.05) is 5.02 Å². The van der Waals surface area contributed by atoms with Crippen LogP contribution < -0.4 is 10.9 Å². The van der Waals surface area contributed by atoms with Crippen molar-refractivity contribution < 1.29 is 22.4 Å². The van der Waals surface area contributed by atoms with Crippen LogP contribution in [0.4, 0.5) is 23.2 Å². The van der Waals surface area contributed by atoms with Gasteiger partial charge < -0.3 is 5.32 Å². The van der Waals surface area contributed by atoms with E-state index in [4.69, 9.17) is 11.6 Å². The number of alkyl halides is 3. The van der Waals surface area contributed by atoms with E-state index >= 15 is 0 Å². The molecule has 13 heteroatoms. The number of carbonyl (C=O) groups is 1. The van der Waals surface area contributed by atoms with Gasteiger partial charge in [-0.3, -0.25) is 14.2 Å². The number of aromatic nitrogens is 5. The summed E-state index contributed by atoms with van der Waals surface area (Å²) < 4.78 is 54.8. The maximum absolute atomic E-state index is 13.8. The molecule has 0 aliphatic carbocycles. The van der Waals surface area contributed by atoms with Crippen LogP contribution >= 0.6 is 11.6 Å². The minimum absolute atomic E-state index is 0.0396. The Kier molecular flexibility index (Phi) is 5.85. The monoisotopic (exact) mass is 480 g/mol. The predicted octanol–water partition coefficient (Wildman–Crippen LogP) is 3.49. The summed E-state index contributed by atoms with van der Waals surface area (Å²) in [5.74, 6) is -1.44. The average molecular weight is 481 g/mol. The minimum atomic E-state index is -4.50. The molecule has 8 nitrogen and oxygen atoms in total. The van der Waals surface area contributed by atoms with Crippen molar-refractivity contribution in [3.63, 3.8) is 0 Å². The van der Waals surface area contributed by atoms with Gasteiger partial charge in [0.15, 0.2) is 11.2 Å². The topological polar surface area (TPSA) is 94.7 Å². The number of hydrogen-bond acceptors (Lipinski definition) is 5. The number of nitrogens with one attached hydrogen (secondary N) is 1. The van der Waals surface area contributed by atoms with Crippen LogP contribution in [0.15, 0.2) is 53.6 Å². The molecular weight excluding hydrogens is 468 g/mol. The van der Waals surface area contributed by atoms with E-state index in [9.17, 15) is 27.2 Å². The summed E-state index contributed by atoms with van der Waals surface area (Å²) in [6, 6.07) is 8.35. The van der Waals surface area contributed by atoms with Gasteiger partial charge in [-0.15, -0.1) is 5.10 Å². The Balaban J connectivity index is 1.55. The molecule has 2 aromatic heterocycles. The molecule has 0 atom stereocenters. The first-order valence-corrected chi connectivity index (χ1v) is 9.69. The molecule has 0 aliphatic heterocycles. The average Bonchev–Trinajstić information content (AvgIpc) is 3.15. The summed E-state index contributed by atoms with van der Waals surface area (Å²) in [6.07, 6.45) is -3.42. The quantitative estimate of drug-likeness (QED) is 0.441. The molecule has 170 valence electrons. The third-order valence-corrected chi connectivity index (χ3v) is 4.83. The molecule has 4 aromatic rings. The number of carbonyl (C=O) groups excluding carboxylic acids is 1. The molecule has 2 heterocycles. The van der Waals surface area contributed by atoms with Crippen LogP contribution in [0.3, 0.4) is 0 Å². The molecule has 0 unspecified atom stereocenters. The Morgan fingerprint density at radius 2 is 1.94 bits per heavy atom. The molecule has 0 bridgehead atoms. The van der Waals surface area contributed by atoms with Gasteiger partial charge in [-0.2, -0.15) is 13.2 Å². The van der Waals surface area contributed by atoms with Crippen molar-refractivity contribution in [3.05, 3.63) is 81.1 Å². The van der Waals surface area contributed by atoms with Crippen LogP contribution in [0, 0.1) is 5.82 Å². The van der Waals surface area contributed by atoms with Gasteiger partial charge in [0.05, 0.1) is 17.8 Å². The SMILES string of the molecule is O=C(Cn1cnc2c(nnn2Cc2cccc(C(F)(F)F)c2)c1=O)Nc1ccc(Cl)cc1F. The van der Waals surface area contributed by atoms with Gasteiger partial charge in [0.1, 0.15) is 18.7 Å². The fourth-order valence-corrected chi connectivity index (χ4v) is 3.22. The number of benzene rings is 2. The zero-order valence-corrected chi connectivity index (χ0v) is 17.2. The summed E-state index contributed by atoms with van der Waals surface area (Å²) >= 11 is 5.67. The van der Waals surface area contributed by atoms with Crippen molar-refractivity contribution in [2.24, 2.45) is 0 Å². The number of amides is 1. The first-order valence-electron chi connectivity index (χ1n) is 9.31. The van der Waals surface area contributed by atoms with Crippen LogP contribution in [0.2, 0.25) is 5.02 Å². The van der Waals surface area contributed by atoms with Gasteiger partial charge in [-0.1, -0.05) is 28.9 Å². The highest BCUT2D eigenvalue weighted by molar-refractivity contribution is 6.30. The fraction of sp³-hybridized carbons (Fsp3) is 0.150. The fourth-order valence-electron chi connectivity index (χ4n) is 3.06. The number of hydrogen-bond donors (Lipinski definition) is 1. The lowest BCUT2D eigenvalue weighted by molar-refractivity contribution is -0.137. The second-order valence-electron chi connectivity index (χ2n) is 6.97. The minimum Gasteiger partial charge on any atom is -0.322 e. The summed E-state index contributed by atoms with van der Waals surface area (Å²) in [6.45, 7) is -0.586. The van der Waals surface area contributed by atoms with E-state index in [1.165, 1.54) is 28.9 Å². The maximum atomic E-state index is 13.8. The van der Waals surface area contributed by atoms with Crippen molar-refractivity contribution in [3.8, 4) is 0 Å². The molecule has 0 aliphatic rings. The molecule has 2 aromatic carbocycles. The summed E-state index contributed by atoms with van der Waals surface area (Å²) in [5.41, 5.74) is -1.47. The molecule has 0 fully saturated rings. The molecule has 33 heavy (non-hydrogen) atoms. The third kappa shape index (κ3) is 4.85. The Morgan fingerprint density at radius 1 is 1.15 bits per heavy atom. The van der Waals surface area contributed by atoms with E-state index in [0.29, 0.717) is 0 Å². The molecule has 4 rings (SSSR count). The Hall–Kier alpha value is -3.80. The van der Waals surface area contributed by atoms with Gasteiger partial charge >= 0.3 is 6.18 Å². The zero-order valence-electron chi connectivity index (χ0n) is 16.5. The van der Waals surface area contributed by atoms with Crippen molar-refractivity contribution in [1.29, 1.82) is 0 Å². The Labute approximate surface area is 187 Å². The van der Waals surface area contributed by atoms with E-state index < -0.39 is 35.6 Å². The highest BCUT2D eigenvalue weighted by Crippen LogP contribution is 2.29. The van der Waals surface area contributed by atoms with Crippen molar-refractivity contribution in [2.75, 3.05) is 5.32 Å². The first-order chi connectivity index (χ1) is 15.6. The van der Waals surface area contributed by atoms with Crippen LogP contribution in [0.5, 0.6) is 0 Å². The van der Waals surface area contributed by atoms with Crippen molar-refractivity contribution in [2.45, 2.75) is 19.3 Å². The summed E-state index contributed by atoms with van der Waals surface area (Å²) in [7, 11) is 0. The maximum Gasteiger partial charge on any atom is 0.416 e. The normalized spacial score (nSPS) is 11.7. The second-order valence-corrected chi connectivity index (χ2v) is 7.40. The van der Waals surface area contributed by atoms with Crippen LogP contribution in [-0.4, -0.2) is 30.5 Å². The van der Waals surface area contributed by atoms with Crippen molar-refractivity contribution >= 4 is 34.4 Å². The lowest BCUT2D eigenvalue weighted by Gasteiger charge is -2.09. The second kappa shape index (κ2) is 8.62. The van der Waals surface area contributed by atoms with E-state index in [2.05, 4.69) is 20.6 Å². The highest BCUT2D eigenvalue weighted by atomic mass is 35.5. The van der Waals surface area contributed by atoms with E-state index in [1.54, 1.807) is 0 Å². The predicted molar refractivity (Wildman–Crippen MR) is 110 cm³/mol. The van der Waals surface area contributed by atoms with Gasteiger partial charge in [-0.25, -0.2) is 14.1 Å². The molecule has 1 amide bonds. The van der Waals surface area contributed by atoms with Gasteiger partial charge in [0.2, 0.25) is 5.91 Å². The van der Waals surface area contributed by atoms with E-state index in [0.717, 1.165) is 29.1 Å². The number of halogens is 5. The smallest absolute Gasteiger partial charge is 0.322 e. The molecule has 1 N–H and O–H groups in total. The molecule has 0 spiro atoms. The van der Waals surface area contributed by atoms with Crippen LogP contribution in [0.25, 0.3) is 11.2 Å². The number of rotatable bonds is 5. The highest BCUT2D eigenvalue weighted by Gasteiger charge is 2.30. The van der Waals surface area contributed by atoms with E-state index in [1.807, 2.05) is 0 Å². The van der Waals surface area contributed by atoms with Gasteiger partial charge in [-0.05, 0) is 35.9 Å². The lowest BCUT2D eigenvalue weighted by Crippen LogP contribution is -2.28. The summed E-state index contributed by atoms with van der Waals surface area (Å²) in [4.78, 5) is 29.0. The Bertz CT molecular complexity index is 1420. The number of nitrogens with zero attached hydrogens (tertiary/aromatic N) is 5. The lowest BCUT2D eigenvalue weighted by atomic mass is 10.1. The largest absolute Gasteiger partial charge is 0.416 e. The van der Waals surface area contributed by atoms with Crippen molar-refractivity contribution in [1.82, 2.24) is 24.5 Å². The molecular formula is C20H13ClF4N6O2. The molecule has 0 saturated carbocycles. The van der Waals surface area contributed by atoms with Crippen LogP contribution in [0.1, 0.15) is 11.1 Å². The zero-order chi connectivity index (χ0) is 23.8. The number of anilines is 1. The standard InChI is InChI=1S/C20H13ClF4N6O2/c21-13-4-5-15(14(22)7-13)27-16(32)9-30-10-26-18-17(19(30)33)28-29-31(18)8-11-2-1-3-12(6-11)20(23,24)25/h1-7,10H,8-9H2,(H,27,32). The van der Waals surface area contributed by atoms with Gasteiger partial charge in [0.25, 0.3) is 5.56 Å². The summed E-state index contributed by atoms with van der Waals surface area (Å²) in [5, 5.41) is 10.0. The number of fused-ring (bicyclic) bond motifs is 1.